The number of hydrogen-bond acceptors (Lipinski definition) is 0. The number of aromatic nitrogens is 2. The third-order valence-electron chi connectivity index (χ3n) is 4.81. The topological polar surface area (TPSA) is 9.34 Å². The molecule has 0 fully saturated rings. The molecule has 0 spiro atoms. The highest BCUT2D eigenvalue weighted by Gasteiger charge is 2.19. The maximum atomic E-state index is 13.9. The Bertz CT molecular complexity index is 1380. The second-order valence-corrected chi connectivity index (χ2v) is 7.80. The molecule has 0 N–H and O–H groups in total. The van der Waals surface area contributed by atoms with Crippen molar-refractivity contribution >= 4 is 55.1 Å². The van der Waals surface area contributed by atoms with Crippen LogP contribution in [-0.2, 0) is 0 Å². The smallest absolute Gasteiger partial charge is 0.160 e. The second kappa shape index (κ2) is 5.81. The third kappa shape index (κ3) is 2.35. The van der Waals surface area contributed by atoms with E-state index >= 15 is 0 Å². The number of para-hydroxylation sites is 2. The Hall–Kier alpha value is -2.37. The highest BCUT2D eigenvalue weighted by Crippen LogP contribution is 2.37. The van der Waals surface area contributed by atoms with E-state index in [9.17, 15) is 8.78 Å². The maximum absolute atomic E-state index is 13.9. The molecule has 3 aromatic carbocycles. The van der Waals surface area contributed by atoms with E-state index in [0.29, 0.717) is 15.9 Å². The van der Waals surface area contributed by atoms with Gasteiger partial charge in [0.05, 0.1) is 27.3 Å². The van der Waals surface area contributed by atoms with Crippen molar-refractivity contribution in [3.63, 3.8) is 0 Å². The van der Waals surface area contributed by atoms with Gasteiger partial charge in [-0.05, 0) is 64.8 Å². The van der Waals surface area contributed by atoms with Gasteiger partial charge in [0, 0.05) is 15.9 Å². The van der Waals surface area contributed by atoms with Gasteiger partial charge in [0.2, 0.25) is 0 Å². The summed E-state index contributed by atoms with van der Waals surface area (Å²) in [7, 11) is 0. The summed E-state index contributed by atoms with van der Waals surface area (Å²) in [6.07, 6.45) is 0. The van der Waals surface area contributed by atoms with Gasteiger partial charge in [-0.3, -0.25) is 8.97 Å². The van der Waals surface area contributed by atoms with Crippen molar-refractivity contribution in [1.82, 2.24) is 8.97 Å². The number of hydrogen-bond donors (Lipinski definition) is 0. The van der Waals surface area contributed by atoms with Crippen molar-refractivity contribution < 1.29 is 8.78 Å². The number of aryl methyl sites for hydroxylation is 1. The molecule has 0 aliphatic carbocycles. The van der Waals surface area contributed by atoms with Crippen molar-refractivity contribution in [2.45, 2.75) is 6.92 Å². The first-order valence-corrected chi connectivity index (χ1v) is 9.48. The summed E-state index contributed by atoms with van der Waals surface area (Å²) in [6, 6.07) is 16.1. The number of imidazole rings is 1. The van der Waals surface area contributed by atoms with E-state index < -0.39 is 11.6 Å². The molecule has 2 nitrogen and oxygen atoms in total. The van der Waals surface area contributed by atoms with E-state index in [0.717, 1.165) is 32.4 Å². The fraction of sp³-hybridized carbons (Fsp3) is 0.0476. The quantitative estimate of drug-likeness (QED) is 0.262. The van der Waals surface area contributed by atoms with Crippen molar-refractivity contribution in [3.8, 4) is 5.69 Å². The third-order valence-corrected chi connectivity index (χ3v) is 6.06. The molecule has 134 valence electrons. The zero-order valence-electron chi connectivity index (χ0n) is 14.1. The molecule has 0 bridgehead atoms. The van der Waals surface area contributed by atoms with Crippen LogP contribution in [0.2, 0.25) is 5.02 Å². The maximum Gasteiger partial charge on any atom is 0.160 e. The van der Waals surface area contributed by atoms with Crippen molar-refractivity contribution in [2.24, 2.45) is 0 Å². The van der Waals surface area contributed by atoms with Crippen LogP contribution in [-0.4, -0.2) is 8.97 Å². The Morgan fingerprint density at radius 2 is 1.59 bits per heavy atom. The van der Waals surface area contributed by atoms with E-state index in [1.807, 2.05) is 58.4 Å². The van der Waals surface area contributed by atoms with Crippen LogP contribution < -0.4 is 0 Å². The van der Waals surface area contributed by atoms with E-state index in [1.54, 1.807) is 0 Å². The van der Waals surface area contributed by atoms with E-state index in [2.05, 4.69) is 15.9 Å². The van der Waals surface area contributed by atoms with Gasteiger partial charge in [0.1, 0.15) is 5.65 Å². The molecule has 5 aromatic rings. The molecule has 0 saturated carbocycles. The van der Waals surface area contributed by atoms with Gasteiger partial charge in [-0.2, -0.15) is 0 Å². The van der Waals surface area contributed by atoms with E-state index in [4.69, 9.17) is 11.6 Å². The van der Waals surface area contributed by atoms with Gasteiger partial charge in [-0.25, -0.2) is 8.78 Å². The molecular formula is C21H12BrClF2N2. The molecule has 6 heteroatoms. The highest BCUT2D eigenvalue weighted by molar-refractivity contribution is 9.10. The number of halogens is 4. The van der Waals surface area contributed by atoms with Crippen LogP contribution in [0.1, 0.15) is 5.56 Å². The molecule has 0 saturated heterocycles. The first kappa shape index (κ1) is 16.8. The molecule has 0 aliphatic rings. The summed E-state index contributed by atoms with van der Waals surface area (Å²) >= 11 is 10.1. The van der Waals surface area contributed by atoms with Crippen LogP contribution in [0.15, 0.2) is 59.1 Å². The lowest BCUT2D eigenvalue weighted by Gasteiger charge is -2.11. The number of fused-ring (bicyclic) bond motifs is 5. The van der Waals surface area contributed by atoms with Crippen molar-refractivity contribution in [3.05, 3.63) is 81.3 Å². The fourth-order valence-electron chi connectivity index (χ4n) is 3.69. The molecule has 2 aromatic heterocycles. The summed E-state index contributed by atoms with van der Waals surface area (Å²) in [4.78, 5) is 0. The van der Waals surface area contributed by atoms with Crippen LogP contribution in [0, 0.1) is 18.6 Å². The van der Waals surface area contributed by atoms with Crippen LogP contribution in [0.4, 0.5) is 8.78 Å². The van der Waals surface area contributed by atoms with Gasteiger partial charge in [0.15, 0.2) is 11.6 Å². The van der Waals surface area contributed by atoms with Crippen LogP contribution >= 0.6 is 27.5 Å². The summed E-state index contributed by atoms with van der Waals surface area (Å²) in [5.41, 5.74) is 5.07. The summed E-state index contributed by atoms with van der Waals surface area (Å²) < 4.78 is 32.4. The van der Waals surface area contributed by atoms with Crippen LogP contribution in [0.3, 0.4) is 0 Å². The number of nitrogens with zero attached hydrogens (tertiary/aromatic N) is 2. The summed E-state index contributed by atoms with van der Waals surface area (Å²) in [6.45, 7) is 1.99. The Balaban J connectivity index is 2.03. The van der Waals surface area contributed by atoms with Crippen molar-refractivity contribution in [1.29, 1.82) is 0 Å². The zero-order chi connectivity index (χ0) is 18.9. The minimum Gasteiger partial charge on any atom is -0.293 e. The average molecular weight is 446 g/mol. The minimum atomic E-state index is -0.865. The number of rotatable bonds is 1. The van der Waals surface area contributed by atoms with Gasteiger partial charge < -0.3 is 0 Å². The molecule has 0 unspecified atom stereocenters. The number of benzene rings is 3. The SMILES string of the molecule is Cc1cc(Br)c(Cl)c(-n2c3ccccc3n3c4cc(F)c(F)cc4cc23)c1. The summed E-state index contributed by atoms with van der Waals surface area (Å²) in [5.74, 6) is -1.72. The van der Waals surface area contributed by atoms with Crippen LogP contribution in [0.5, 0.6) is 0 Å². The average Bonchev–Trinajstić information content (AvgIpc) is 3.13. The van der Waals surface area contributed by atoms with Gasteiger partial charge >= 0.3 is 0 Å². The summed E-state index contributed by atoms with van der Waals surface area (Å²) in [5, 5.41) is 1.21. The minimum absolute atomic E-state index is 0.575. The molecule has 0 radical (unpaired) electrons. The standard InChI is InChI=1S/C21H12BrClF2N2/c1-11-6-13(22)21(23)19(7-11)27-17-5-3-2-4-16(17)26-18-10-15(25)14(24)8-12(18)9-20(26)27/h2-10H,1H3. The van der Waals surface area contributed by atoms with Gasteiger partial charge in [0.25, 0.3) is 0 Å². The predicted octanol–water partition coefficient (Wildman–Crippen LogP) is 7.04. The predicted molar refractivity (Wildman–Crippen MR) is 109 cm³/mol. The Labute approximate surface area is 166 Å². The molecule has 0 aliphatic heterocycles. The van der Waals surface area contributed by atoms with Crippen molar-refractivity contribution in [2.75, 3.05) is 0 Å². The first-order chi connectivity index (χ1) is 13.0. The van der Waals surface area contributed by atoms with Crippen LogP contribution in [0.25, 0.3) is 33.3 Å². The molecule has 0 amide bonds. The Morgan fingerprint density at radius 3 is 2.37 bits per heavy atom. The fourth-order valence-corrected chi connectivity index (χ4v) is 4.45. The molecule has 0 atom stereocenters. The Kier molecular flexibility index (Phi) is 3.61. The molecule has 2 heterocycles. The largest absolute Gasteiger partial charge is 0.293 e. The van der Waals surface area contributed by atoms with Gasteiger partial charge in [-0.15, -0.1) is 0 Å². The lowest BCUT2D eigenvalue weighted by molar-refractivity contribution is 0.511. The second-order valence-electron chi connectivity index (χ2n) is 6.57. The van der Waals surface area contributed by atoms with E-state index in [1.165, 1.54) is 12.1 Å². The molecular weight excluding hydrogens is 434 g/mol. The van der Waals surface area contributed by atoms with Gasteiger partial charge in [-0.1, -0.05) is 23.7 Å². The zero-order valence-corrected chi connectivity index (χ0v) is 16.4. The molecule has 27 heavy (non-hydrogen) atoms. The van der Waals surface area contributed by atoms with E-state index in [-0.39, 0.29) is 0 Å². The molecule has 5 rings (SSSR count). The normalized spacial score (nSPS) is 11.9. The first-order valence-electron chi connectivity index (χ1n) is 8.31. The lowest BCUT2D eigenvalue weighted by Crippen LogP contribution is -1.96. The highest BCUT2D eigenvalue weighted by atomic mass is 79.9. The Morgan fingerprint density at radius 1 is 0.889 bits per heavy atom. The monoisotopic (exact) mass is 444 g/mol. The lowest BCUT2D eigenvalue weighted by atomic mass is 10.2.